The van der Waals surface area contributed by atoms with E-state index in [1.165, 1.54) is 21.9 Å². The molecule has 0 unspecified atom stereocenters. The lowest BCUT2D eigenvalue weighted by molar-refractivity contribution is 0.103. The number of nitrogens with zero attached hydrogens (tertiary/aromatic N) is 3. The predicted molar refractivity (Wildman–Crippen MR) is 282 cm³/mol. The van der Waals surface area contributed by atoms with Crippen molar-refractivity contribution in [3.05, 3.63) is 259 Å². The van der Waals surface area contributed by atoms with Crippen LogP contribution in [0, 0.1) is 0 Å². The lowest BCUT2D eigenvalue weighted by Gasteiger charge is -2.41. The number of fused-ring (bicyclic) bond motifs is 7. The monoisotopic (exact) mass is 871 g/mol. The zero-order valence-corrected chi connectivity index (χ0v) is 37.8. The molecule has 0 saturated heterocycles. The third-order valence-corrected chi connectivity index (χ3v) is 14.3. The lowest BCUT2D eigenvalue weighted by atomic mass is 9.68. The van der Waals surface area contributed by atoms with Gasteiger partial charge in [-0.15, -0.1) is 0 Å². The van der Waals surface area contributed by atoms with Gasteiger partial charge in [0.25, 0.3) is 0 Å². The highest BCUT2D eigenvalue weighted by molar-refractivity contribution is 6.14. The Kier molecular flexibility index (Phi) is 8.99. The molecule has 2 aliphatic rings. The summed E-state index contributed by atoms with van der Waals surface area (Å²) in [7, 11) is 0. The van der Waals surface area contributed by atoms with Crippen molar-refractivity contribution in [1.82, 2.24) is 4.57 Å². The molecule has 13 rings (SSSR count). The Labute approximate surface area is 396 Å². The highest BCUT2D eigenvalue weighted by Gasteiger charge is 2.38. The molecule has 10 aromatic carbocycles. The summed E-state index contributed by atoms with van der Waals surface area (Å²) in [5.41, 5.74) is 19.6. The van der Waals surface area contributed by atoms with E-state index in [1.807, 2.05) is 18.2 Å². The number of ketones is 1. The first-order valence-corrected chi connectivity index (χ1v) is 23.4. The molecule has 0 radical (unpaired) electrons. The Balaban J connectivity index is 1.07. The van der Waals surface area contributed by atoms with Crippen LogP contribution in [-0.4, -0.2) is 10.4 Å². The zero-order valence-electron chi connectivity index (χ0n) is 37.8. The maximum atomic E-state index is 14.6. The maximum absolute atomic E-state index is 14.6. The second-order valence-corrected chi connectivity index (χ2v) is 18.5. The molecular weight excluding hydrogens is 827 g/mol. The van der Waals surface area contributed by atoms with E-state index >= 15 is 0 Å². The van der Waals surface area contributed by atoms with Crippen molar-refractivity contribution in [2.45, 2.75) is 19.3 Å². The third kappa shape index (κ3) is 6.18. The lowest BCUT2D eigenvalue weighted by Crippen LogP contribution is -2.31. The first-order valence-electron chi connectivity index (χ1n) is 23.4. The average Bonchev–Trinajstić information content (AvgIpc) is 3.74. The molecule has 0 saturated carbocycles. The molecule has 68 heavy (non-hydrogen) atoms. The van der Waals surface area contributed by atoms with Crippen molar-refractivity contribution in [3.8, 4) is 39.1 Å². The highest BCUT2D eigenvalue weighted by Crippen LogP contribution is 2.56. The Morgan fingerprint density at radius 1 is 0.324 bits per heavy atom. The normalized spacial score (nSPS) is 13.5. The summed E-state index contributed by atoms with van der Waals surface area (Å²) in [6.07, 6.45) is 0. The smallest absolute Gasteiger partial charge is 0.193 e. The number of carbonyl (C=O) groups excluding carboxylic acids is 1. The number of hydrogen-bond donors (Lipinski definition) is 0. The van der Waals surface area contributed by atoms with Gasteiger partial charge in [0, 0.05) is 44.4 Å². The van der Waals surface area contributed by atoms with Crippen molar-refractivity contribution in [2.75, 3.05) is 9.80 Å². The fourth-order valence-electron chi connectivity index (χ4n) is 11.0. The molecule has 4 nitrogen and oxygen atoms in total. The van der Waals surface area contributed by atoms with Crippen molar-refractivity contribution in [3.63, 3.8) is 0 Å². The number of carbonyl (C=O) groups is 1. The Morgan fingerprint density at radius 3 is 1.46 bits per heavy atom. The maximum Gasteiger partial charge on any atom is 0.193 e. The van der Waals surface area contributed by atoms with E-state index in [9.17, 15) is 4.79 Å². The molecule has 11 aromatic rings. The predicted octanol–water partition coefficient (Wildman–Crippen LogP) is 16.9. The molecule has 4 heteroatoms. The molecule has 0 N–H and O–H groups in total. The molecule has 0 fully saturated rings. The minimum Gasteiger partial charge on any atom is -0.309 e. The van der Waals surface area contributed by atoms with Crippen LogP contribution in [0.15, 0.2) is 237 Å². The molecule has 0 bridgehead atoms. The fraction of sp³-hybridized carbons (Fsp3) is 0.0469. The van der Waals surface area contributed by atoms with Gasteiger partial charge in [-0.1, -0.05) is 166 Å². The van der Waals surface area contributed by atoms with Crippen LogP contribution in [0.1, 0.15) is 40.9 Å². The summed E-state index contributed by atoms with van der Waals surface area (Å²) < 4.78 is 2.39. The molecule has 0 spiro atoms. The van der Waals surface area contributed by atoms with Gasteiger partial charge in [0.05, 0.1) is 33.8 Å². The molecular formula is C64H45N3O. The van der Waals surface area contributed by atoms with Crippen molar-refractivity contribution in [1.29, 1.82) is 0 Å². The van der Waals surface area contributed by atoms with Gasteiger partial charge in [-0.3, -0.25) is 4.79 Å². The molecule has 1 aromatic heterocycles. The standard InChI is InChI=1S/C64H45N3O/c1-64(2)55-27-15-12-26-53(55)63(68)54-40-49(31-33-56(54)64)67-59-34-30-44(47-37-45(42-18-6-3-7-19-42)36-46(38-47)43-20-8-4-9-21-43)39-61(59)65(48-22-10-5-11-23-48)62-41-50(32-35-60(62)67)66-57-28-16-13-24-51(57)52-25-14-17-29-58(52)66/h3-41H,1-2H3. The van der Waals surface area contributed by atoms with E-state index in [4.69, 9.17) is 0 Å². The largest absolute Gasteiger partial charge is 0.309 e. The Bertz CT molecular complexity index is 3680. The van der Waals surface area contributed by atoms with Crippen LogP contribution in [0.5, 0.6) is 0 Å². The van der Waals surface area contributed by atoms with Crippen LogP contribution >= 0.6 is 0 Å². The topological polar surface area (TPSA) is 28.5 Å². The van der Waals surface area contributed by atoms with Gasteiger partial charge < -0.3 is 14.4 Å². The molecule has 1 aliphatic carbocycles. The summed E-state index contributed by atoms with van der Waals surface area (Å²) >= 11 is 0. The average molecular weight is 872 g/mol. The van der Waals surface area contributed by atoms with E-state index < -0.39 is 0 Å². The van der Waals surface area contributed by atoms with E-state index in [0.717, 1.165) is 95.4 Å². The molecule has 0 amide bonds. The summed E-state index contributed by atoms with van der Waals surface area (Å²) in [5, 5.41) is 2.43. The van der Waals surface area contributed by atoms with Crippen molar-refractivity contribution in [2.24, 2.45) is 0 Å². The second kappa shape index (κ2) is 15.4. The number of anilines is 6. The van der Waals surface area contributed by atoms with Crippen LogP contribution in [0.3, 0.4) is 0 Å². The molecule has 0 atom stereocenters. The van der Waals surface area contributed by atoms with Crippen molar-refractivity contribution < 1.29 is 4.79 Å². The van der Waals surface area contributed by atoms with Crippen LogP contribution in [0.2, 0.25) is 0 Å². The Hall–Kier alpha value is -8.73. The van der Waals surface area contributed by atoms with Gasteiger partial charge in [-0.05, 0) is 129 Å². The van der Waals surface area contributed by atoms with E-state index in [-0.39, 0.29) is 11.2 Å². The highest BCUT2D eigenvalue weighted by atomic mass is 16.1. The summed E-state index contributed by atoms with van der Waals surface area (Å²) in [6, 6.07) is 84.7. The number of hydrogen-bond acceptors (Lipinski definition) is 3. The zero-order chi connectivity index (χ0) is 45.5. The molecule has 2 heterocycles. The SMILES string of the molecule is CC1(C)c2ccccc2C(=O)c2cc(N3c4ccc(-c5cc(-c6ccccc6)cc(-c6ccccc6)c5)cc4N(c4ccccc4)c4cc(-n5c6ccccc6c6ccccc65)ccc43)ccc21. The number of aromatic nitrogens is 1. The van der Waals surface area contributed by atoms with Gasteiger partial charge >= 0.3 is 0 Å². The van der Waals surface area contributed by atoms with E-state index in [2.05, 4.69) is 247 Å². The van der Waals surface area contributed by atoms with Crippen LogP contribution in [0.4, 0.5) is 34.1 Å². The van der Waals surface area contributed by atoms with Crippen LogP contribution in [-0.2, 0) is 5.41 Å². The Morgan fingerprint density at radius 2 is 0.809 bits per heavy atom. The number of rotatable bonds is 6. The van der Waals surface area contributed by atoms with Gasteiger partial charge in [-0.2, -0.15) is 0 Å². The van der Waals surface area contributed by atoms with Gasteiger partial charge in [0.1, 0.15) is 0 Å². The van der Waals surface area contributed by atoms with Gasteiger partial charge in [-0.25, -0.2) is 0 Å². The van der Waals surface area contributed by atoms with Crippen LogP contribution < -0.4 is 9.80 Å². The van der Waals surface area contributed by atoms with Gasteiger partial charge in [0.2, 0.25) is 0 Å². The summed E-state index contributed by atoms with van der Waals surface area (Å²) in [6.45, 7) is 4.46. The second-order valence-electron chi connectivity index (χ2n) is 18.5. The number of para-hydroxylation sites is 3. The fourth-order valence-corrected chi connectivity index (χ4v) is 11.0. The van der Waals surface area contributed by atoms with E-state index in [1.54, 1.807) is 0 Å². The quantitative estimate of drug-likeness (QED) is 0.167. The number of benzene rings is 10. The molecule has 1 aliphatic heterocycles. The van der Waals surface area contributed by atoms with Crippen LogP contribution in [0.25, 0.3) is 60.9 Å². The minimum absolute atomic E-state index is 0.0599. The third-order valence-electron chi connectivity index (χ3n) is 14.3. The molecule has 322 valence electrons. The first kappa shape index (κ1) is 39.6. The van der Waals surface area contributed by atoms with E-state index in [0.29, 0.717) is 0 Å². The van der Waals surface area contributed by atoms with Crippen molar-refractivity contribution >= 4 is 61.7 Å². The minimum atomic E-state index is -0.348. The van der Waals surface area contributed by atoms with Gasteiger partial charge in [0.15, 0.2) is 5.78 Å². The summed E-state index contributed by atoms with van der Waals surface area (Å²) in [4.78, 5) is 19.4. The summed E-state index contributed by atoms with van der Waals surface area (Å²) in [5.74, 6) is 0.0599. The first-order chi connectivity index (χ1) is 33.4.